The van der Waals surface area contributed by atoms with E-state index in [0.29, 0.717) is 27.3 Å². The predicted molar refractivity (Wildman–Crippen MR) is 132 cm³/mol. The summed E-state index contributed by atoms with van der Waals surface area (Å²) in [4.78, 5) is 40.4. The first-order valence-corrected chi connectivity index (χ1v) is 11.2. The average molecular weight is 474 g/mol. The van der Waals surface area contributed by atoms with Gasteiger partial charge >= 0.3 is 0 Å². The predicted octanol–water partition coefficient (Wildman–Crippen LogP) is 3.84. The van der Waals surface area contributed by atoms with Gasteiger partial charge in [0, 0.05) is 12.1 Å². The van der Waals surface area contributed by atoms with E-state index in [9.17, 15) is 19.7 Å². The highest BCUT2D eigenvalue weighted by Gasteiger charge is 2.14. The van der Waals surface area contributed by atoms with Gasteiger partial charge in [-0.2, -0.15) is 5.10 Å². The standard InChI is InChI=1S/C24H19N5O4S/c1-16-6-10-18(11-7-16)28-23(31)20-4-2-3-5-21(20)26-24(28)34-15-22(30)27-25-14-17-8-12-19(13-9-17)29(32)33/h2-14H,15H2,1H3,(H,27,30). The number of benzene rings is 3. The second kappa shape index (κ2) is 10.1. The summed E-state index contributed by atoms with van der Waals surface area (Å²) in [7, 11) is 0. The Balaban J connectivity index is 1.51. The molecule has 0 radical (unpaired) electrons. The maximum Gasteiger partial charge on any atom is 0.269 e. The molecule has 34 heavy (non-hydrogen) atoms. The van der Waals surface area contributed by atoms with Crippen LogP contribution >= 0.6 is 11.8 Å². The van der Waals surface area contributed by atoms with Gasteiger partial charge in [0.25, 0.3) is 17.2 Å². The van der Waals surface area contributed by atoms with Crippen LogP contribution < -0.4 is 11.0 Å². The van der Waals surface area contributed by atoms with Crippen molar-refractivity contribution >= 4 is 40.5 Å². The van der Waals surface area contributed by atoms with Crippen LogP contribution in [0.15, 0.2) is 87.8 Å². The van der Waals surface area contributed by atoms with E-state index in [1.165, 1.54) is 35.0 Å². The van der Waals surface area contributed by atoms with Crippen molar-refractivity contribution in [2.45, 2.75) is 12.1 Å². The van der Waals surface area contributed by atoms with E-state index >= 15 is 0 Å². The van der Waals surface area contributed by atoms with Crippen molar-refractivity contribution in [1.29, 1.82) is 0 Å². The normalized spacial score (nSPS) is 11.1. The van der Waals surface area contributed by atoms with E-state index in [0.717, 1.165) is 17.3 Å². The molecule has 0 aliphatic heterocycles. The largest absolute Gasteiger partial charge is 0.272 e. The molecule has 0 unspecified atom stereocenters. The topological polar surface area (TPSA) is 119 Å². The van der Waals surface area contributed by atoms with Gasteiger partial charge in [-0.25, -0.2) is 10.4 Å². The number of fused-ring (bicyclic) bond motifs is 1. The fourth-order valence-electron chi connectivity index (χ4n) is 3.15. The minimum atomic E-state index is -0.489. The zero-order valence-corrected chi connectivity index (χ0v) is 18.9. The monoisotopic (exact) mass is 473 g/mol. The highest BCUT2D eigenvalue weighted by Crippen LogP contribution is 2.21. The van der Waals surface area contributed by atoms with E-state index in [1.807, 2.05) is 31.2 Å². The summed E-state index contributed by atoms with van der Waals surface area (Å²) in [5.74, 6) is -0.408. The molecule has 170 valence electrons. The number of nitro benzene ring substituents is 1. The molecule has 1 N–H and O–H groups in total. The van der Waals surface area contributed by atoms with Crippen molar-refractivity contribution < 1.29 is 9.72 Å². The number of amides is 1. The Morgan fingerprint density at radius 3 is 2.53 bits per heavy atom. The molecule has 10 heteroatoms. The molecule has 0 saturated carbocycles. The van der Waals surface area contributed by atoms with Crippen LogP contribution in [-0.2, 0) is 4.79 Å². The van der Waals surface area contributed by atoms with Crippen LogP contribution in [0.2, 0.25) is 0 Å². The van der Waals surface area contributed by atoms with Gasteiger partial charge in [0.2, 0.25) is 0 Å². The summed E-state index contributed by atoms with van der Waals surface area (Å²) in [5, 5.41) is 15.5. The van der Waals surface area contributed by atoms with Crippen LogP contribution in [0.4, 0.5) is 5.69 Å². The molecule has 3 aromatic carbocycles. The molecular formula is C24H19N5O4S. The summed E-state index contributed by atoms with van der Waals surface area (Å²) in [6.45, 7) is 1.96. The number of aryl methyl sites for hydroxylation is 1. The van der Waals surface area contributed by atoms with Gasteiger partial charge in [-0.3, -0.25) is 24.3 Å². The smallest absolute Gasteiger partial charge is 0.269 e. The average Bonchev–Trinajstić information content (AvgIpc) is 2.84. The van der Waals surface area contributed by atoms with Crippen molar-refractivity contribution in [2.75, 3.05) is 5.75 Å². The van der Waals surface area contributed by atoms with E-state index in [1.54, 1.807) is 24.3 Å². The number of thioether (sulfide) groups is 1. The number of nitrogens with one attached hydrogen (secondary N) is 1. The number of hydrazone groups is 1. The third-order valence-corrected chi connectivity index (χ3v) is 5.81. The fourth-order valence-corrected chi connectivity index (χ4v) is 3.96. The fraction of sp³-hybridized carbons (Fsp3) is 0.0833. The molecule has 0 aliphatic carbocycles. The molecule has 0 spiro atoms. The first kappa shape index (κ1) is 22.9. The molecule has 1 heterocycles. The second-order valence-corrected chi connectivity index (χ2v) is 8.26. The van der Waals surface area contributed by atoms with Crippen molar-refractivity contribution in [2.24, 2.45) is 5.10 Å². The molecule has 9 nitrogen and oxygen atoms in total. The number of para-hydroxylation sites is 1. The molecule has 0 atom stereocenters. The van der Waals surface area contributed by atoms with Gasteiger partial charge in [0.1, 0.15) is 0 Å². The Bertz CT molecular complexity index is 1450. The van der Waals surface area contributed by atoms with Crippen LogP contribution in [0.3, 0.4) is 0 Å². The van der Waals surface area contributed by atoms with Gasteiger partial charge in [-0.1, -0.05) is 41.6 Å². The van der Waals surface area contributed by atoms with E-state index in [2.05, 4.69) is 15.5 Å². The molecule has 4 aromatic rings. The SMILES string of the molecule is Cc1ccc(-n2c(SCC(=O)NN=Cc3ccc([N+](=O)[O-])cc3)nc3ccccc3c2=O)cc1. The highest BCUT2D eigenvalue weighted by atomic mass is 32.2. The number of carbonyl (C=O) groups excluding carboxylic acids is 1. The van der Waals surface area contributed by atoms with Crippen molar-refractivity contribution in [3.8, 4) is 5.69 Å². The minimum absolute atomic E-state index is 0.0196. The number of nitrogens with zero attached hydrogens (tertiary/aromatic N) is 4. The van der Waals surface area contributed by atoms with Gasteiger partial charge in [-0.05, 0) is 48.9 Å². The van der Waals surface area contributed by atoms with Crippen LogP contribution in [0.5, 0.6) is 0 Å². The number of aromatic nitrogens is 2. The second-order valence-electron chi connectivity index (χ2n) is 7.32. The maximum absolute atomic E-state index is 13.2. The Morgan fingerprint density at radius 1 is 1.12 bits per heavy atom. The lowest BCUT2D eigenvalue weighted by Crippen LogP contribution is -2.24. The summed E-state index contributed by atoms with van der Waals surface area (Å²) in [6.07, 6.45) is 1.39. The van der Waals surface area contributed by atoms with Crippen molar-refractivity contribution in [3.63, 3.8) is 0 Å². The van der Waals surface area contributed by atoms with Crippen LogP contribution in [0, 0.1) is 17.0 Å². The molecule has 4 rings (SSSR count). The van der Waals surface area contributed by atoms with Crippen molar-refractivity contribution in [3.05, 3.63) is 104 Å². The zero-order chi connectivity index (χ0) is 24.1. The van der Waals surface area contributed by atoms with E-state index in [4.69, 9.17) is 0 Å². The van der Waals surface area contributed by atoms with Gasteiger partial charge in [-0.15, -0.1) is 0 Å². The Hall–Kier alpha value is -4.31. The maximum atomic E-state index is 13.2. The first-order valence-electron chi connectivity index (χ1n) is 10.2. The summed E-state index contributed by atoms with van der Waals surface area (Å²) in [6, 6.07) is 20.3. The van der Waals surface area contributed by atoms with Crippen LogP contribution in [0.25, 0.3) is 16.6 Å². The highest BCUT2D eigenvalue weighted by molar-refractivity contribution is 7.99. The number of non-ortho nitro benzene ring substituents is 1. The lowest BCUT2D eigenvalue weighted by molar-refractivity contribution is -0.384. The first-order chi connectivity index (χ1) is 16.4. The summed E-state index contributed by atoms with van der Waals surface area (Å²) < 4.78 is 1.50. The Kier molecular flexibility index (Phi) is 6.79. The number of rotatable bonds is 7. The lowest BCUT2D eigenvalue weighted by atomic mass is 10.2. The quantitative estimate of drug-likeness (QED) is 0.143. The van der Waals surface area contributed by atoms with Gasteiger partial charge in [0.15, 0.2) is 5.16 Å². The summed E-state index contributed by atoms with van der Waals surface area (Å²) in [5.41, 5.74) is 5.05. The molecule has 0 aliphatic rings. The lowest BCUT2D eigenvalue weighted by Gasteiger charge is -2.13. The summed E-state index contributed by atoms with van der Waals surface area (Å²) >= 11 is 1.13. The number of hydrogen-bond donors (Lipinski definition) is 1. The third kappa shape index (κ3) is 5.18. The Morgan fingerprint density at radius 2 is 1.82 bits per heavy atom. The van der Waals surface area contributed by atoms with Gasteiger partial charge < -0.3 is 0 Å². The van der Waals surface area contributed by atoms with Crippen molar-refractivity contribution in [1.82, 2.24) is 15.0 Å². The molecule has 1 aromatic heterocycles. The number of hydrogen-bond acceptors (Lipinski definition) is 7. The Labute approximate surface area is 198 Å². The van der Waals surface area contributed by atoms with Gasteiger partial charge in [0.05, 0.1) is 33.5 Å². The minimum Gasteiger partial charge on any atom is -0.272 e. The zero-order valence-electron chi connectivity index (χ0n) is 18.0. The van der Waals surface area contributed by atoms with E-state index < -0.39 is 4.92 Å². The molecule has 0 bridgehead atoms. The van der Waals surface area contributed by atoms with Crippen LogP contribution in [-0.4, -0.2) is 32.3 Å². The molecule has 1 amide bonds. The number of nitro groups is 1. The molecule has 0 saturated heterocycles. The molecular weight excluding hydrogens is 454 g/mol. The number of carbonyl (C=O) groups is 1. The van der Waals surface area contributed by atoms with Crippen LogP contribution in [0.1, 0.15) is 11.1 Å². The molecule has 0 fully saturated rings. The third-order valence-electron chi connectivity index (χ3n) is 4.88. The van der Waals surface area contributed by atoms with E-state index in [-0.39, 0.29) is 22.9 Å².